The van der Waals surface area contributed by atoms with Gasteiger partial charge < -0.3 is 20.1 Å². The summed E-state index contributed by atoms with van der Waals surface area (Å²) in [5, 5.41) is 5.12. The fourth-order valence-corrected chi connectivity index (χ4v) is 2.82. The van der Waals surface area contributed by atoms with Gasteiger partial charge in [-0.25, -0.2) is 8.78 Å². The first-order valence-corrected chi connectivity index (χ1v) is 8.71. The molecule has 30 heavy (non-hydrogen) atoms. The van der Waals surface area contributed by atoms with Crippen molar-refractivity contribution >= 4 is 11.8 Å². The molecule has 1 atom stereocenters. The van der Waals surface area contributed by atoms with E-state index in [9.17, 15) is 31.5 Å². The summed E-state index contributed by atoms with van der Waals surface area (Å²) < 4.78 is 73.7. The Morgan fingerprint density at radius 3 is 2.50 bits per heavy atom. The number of benzene rings is 2. The fraction of sp³-hybridized carbons (Fsp3) is 0.263. The van der Waals surface area contributed by atoms with E-state index in [1.165, 1.54) is 0 Å². The van der Waals surface area contributed by atoms with Crippen molar-refractivity contribution in [2.24, 2.45) is 0 Å². The Morgan fingerprint density at radius 2 is 1.83 bits per heavy atom. The van der Waals surface area contributed by atoms with Gasteiger partial charge >= 0.3 is 6.36 Å². The lowest BCUT2D eigenvalue weighted by molar-refractivity contribution is -0.274. The second-order valence-electron chi connectivity index (χ2n) is 6.40. The van der Waals surface area contributed by atoms with Gasteiger partial charge in [0.25, 0.3) is 5.91 Å². The number of piperidine rings is 1. The second kappa shape index (κ2) is 8.56. The van der Waals surface area contributed by atoms with Crippen LogP contribution in [0.2, 0.25) is 0 Å². The van der Waals surface area contributed by atoms with Gasteiger partial charge in [-0.1, -0.05) is 0 Å². The highest BCUT2D eigenvalue weighted by atomic mass is 19.4. The van der Waals surface area contributed by atoms with Crippen molar-refractivity contribution in [3.8, 4) is 17.2 Å². The molecule has 1 unspecified atom stereocenters. The highest BCUT2D eigenvalue weighted by Crippen LogP contribution is 2.32. The van der Waals surface area contributed by atoms with Crippen molar-refractivity contribution in [2.75, 3.05) is 6.54 Å². The third-order valence-corrected chi connectivity index (χ3v) is 4.13. The minimum absolute atomic E-state index is 0.00668. The van der Waals surface area contributed by atoms with Crippen LogP contribution in [0.1, 0.15) is 23.2 Å². The van der Waals surface area contributed by atoms with E-state index in [0.29, 0.717) is 19.0 Å². The quantitative estimate of drug-likeness (QED) is 0.710. The van der Waals surface area contributed by atoms with Gasteiger partial charge in [0.15, 0.2) is 11.6 Å². The van der Waals surface area contributed by atoms with Crippen molar-refractivity contribution in [2.45, 2.75) is 25.2 Å². The Kier molecular flexibility index (Phi) is 6.09. The average Bonchev–Trinajstić information content (AvgIpc) is 2.64. The summed E-state index contributed by atoms with van der Waals surface area (Å²) in [6.07, 6.45) is -4.59. The number of hydrogen-bond donors (Lipinski definition) is 2. The summed E-state index contributed by atoms with van der Waals surface area (Å²) in [7, 11) is 0. The SMILES string of the molecule is O=C1CC(NC(=O)c2cc(OC(F)(F)F)ccc2Oc2ccc(F)cc2F)CCN1. The number of nitrogens with one attached hydrogen (secondary N) is 2. The smallest absolute Gasteiger partial charge is 0.453 e. The summed E-state index contributed by atoms with van der Waals surface area (Å²) in [5.74, 6) is -4.48. The fourth-order valence-electron chi connectivity index (χ4n) is 2.82. The van der Waals surface area contributed by atoms with Gasteiger partial charge in [0.2, 0.25) is 5.91 Å². The van der Waals surface area contributed by atoms with E-state index in [1.54, 1.807) is 0 Å². The highest BCUT2D eigenvalue weighted by molar-refractivity contribution is 5.98. The Hall–Kier alpha value is -3.37. The number of hydrogen-bond acceptors (Lipinski definition) is 4. The summed E-state index contributed by atoms with van der Waals surface area (Å²) in [4.78, 5) is 24.1. The standard InChI is InChI=1S/C19H15F5N2O4/c20-10-1-3-16(14(21)7-10)29-15-4-2-12(30-19(22,23)24)9-13(15)18(28)26-11-5-6-25-17(27)8-11/h1-4,7,9,11H,5-6,8H2,(H,25,27)(H,26,28). The number of carbonyl (C=O) groups is 2. The van der Waals surface area contributed by atoms with Crippen LogP contribution in [0, 0.1) is 11.6 Å². The largest absolute Gasteiger partial charge is 0.573 e. The first kappa shape index (κ1) is 21.3. The molecule has 160 valence electrons. The van der Waals surface area contributed by atoms with Crippen molar-refractivity contribution in [1.82, 2.24) is 10.6 Å². The molecule has 0 bridgehead atoms. The molecule has 0 aromatic heterocycles. The van der Waals surface area contributed by atoms with Crippen LogP contribution in [0.25, 0.3) is 0 Å². The molecule has 0 aliphatic carbocycles. The molecule has 2 N–H and O–H groups in total. The van der Waals surface area contributed by atoms with Crippen LogP contribution in [0.15, 0.2) is 36.4 Å². The average molecular weight is 430 g/mol. The van der Waals surface area contributed by atoms with Gasteiger partial charge in [-0.2, -0.15) is 0 Å². The van der Waals surface area contributed by atoms with Crippen LogP contribution in [0.5, 0.6) is 17.2 Å². The van der Waals surface area contributed by atoms with Crippen LogP contribution >= 0.6 is 0 Å². The van der Waals surface area contributed by atoms with Crippen LogP contribution in [-0.4, -0.2) is 30.8 Å². The topological polar surface area (TPSA) is 76.7 Å². The molecular formula is C19H15F5N2O4. The van der Waals surface area contributed by atoms with Crippen LogP contribution < -0.4 is 20.1 Å². The van der Waals surface area contributed by atoms with Crippen LogP contribution in [-0.2, 0) is 4.79 Å². The van der Waals surface area contributed by atoms with E-state index in [2.05, 4.69) is 15.4 Å². The number of alkyl halides is 3. The van der Waals surface area contributed by atoms with Crippen molar-refractivity contribution in [3.63, 3.8) is 0 Å². The van der Waals surface area contributed by atoms with Gasteiger partial charge in [-0.05, 0) is 36.8 Å². The lowest BCUT2D eigenvalue weighted by atomic mass is 10.1. The molecule has 3 rings (SSSR count). The number of amides is 2. The third-order valence-electron chi connectivity index (χ3n) is 4.13. The molecule has 1 heterocycles. The molecule has 1 aliphatic rings. The zero-order chi connectivity index (χ0) is 21.9. The van der Waals surface area contributed by atoms with Crippen molar-refractivity contribution in [3.05, 3.63) is 53.6 Å². The maximum atomic E-state index is 13.9. The monoisotopic (exact) mass is 430 g/mol. The minimum Gasteiger partial charge on any atom is -0.453 e. The number of rotatable bonds is 5. The zero-order valence-corrected chi connectivity index (χ0v) is 15.2. The molecule has 6 nitrogen and oxygen atoms in total. The first-order valence-electron chi connectivity index (χ1n) is 8.71. The zero-order valence-electron chi connectivity index (χ0n) is 15.2. The molecule has 0 spiro atoms. The van der Waals surface area contributed by atoms with Gasteiger partial charge in [-0.3, -0.25) is 9.59 Å². The van der Waals surface area contributed by atoms with E-state index < -0.39 is 41.4 Å². The summed E-state index contributed by atoms with van der Waals surface area (Å²) >= 11 is 0. The summed E-state index contributed by atoms with van der Waals surface area (Å²) in [6.45, 7) is 0.325. The van der Waals surface area contributed by atoms with Crippen LogP contribution in [0.4, 0.5) is 22.0 Å². The summed E-state index contributed by atoms with van der Waals surface area (Å²) in [5.41, 5.74) is -0.383. The highest BCUT2D eigenvalue weighted by Gasteiger charge is 2.32. The van der Waals surface area contributed by atoms with Gasteiger partial charge in [0.1, 0.15) is 17.3 Å². The predicted octanol–water partition coefficient (Wildman–Crippen LogP) is 3.66. The van der Waals surface area contributed by atoms with Gasteiger partial charge in [-0.15, -0.1) is 13.2 Å². The number of ether oxygens (including phenoxy) is 2. The molecule has 2 aromatic rings. The summed E-state index contributed by atoms with van der Waals surface area (Å²) in [6, 6.07) is 4.55. The number of halogens is 5. The second-order valence-corrected chi connectivity index (χ2v) is 6.40. The van der Waals surface area contributed by atoms with E-state index in [4.69, 9.17) is 4.74 Å². The third kappa shape index (κ3) is 5.58. The molecule has 0 saturated carbocycles. The molecule has 11 heteroatoms. The minimum atomic E-state index is -5.00. The maximum absolute atomic E-state index is 13.9. The lowest BCUT2D eigenvalue weighted by Crippen LogP contribution is -2.45. The molecule has 2 aromatic carbocycles. The molecular weight excluding hydrogens is 415 g/mol. The molecule has 1 aliphatic heterocycles. The predicted molar refractivity (Wildman–Crippen MR) is 93.1 cm³/mol. The Balaban J connectivity index is 1.90. The molecule has 1 fully saturated rings. The first-order chi connectivity index (χ1) is 14.1. The number of carbonyl (C=O) groups excluding carboxylic acids is 2. The van der Waals surface area contributed by atoms with Gasteiger partial charge in [0, 0.05) is 25.1 Å². The van der Waals surface area contributed by atoms with Crippen LogP contribution in [0.3, 0.4) is 0 Å². The molecule has 0 radical (unpaired) electrons. The molecule has 2 amide bonds. The Bertz CT molecular complexity index is 964. The lowest BCUT2D eigenvalue weighted by Gasteiger charge is -2.23. The Labute approximate surface area is 167 Å². The Morgan fingerprint density at radius 1 is 1.10 bits per heavy atom. The van der Waals surface area contributed by atoms with Gasteiger partial charge in [0.05, 0.1) is 5.56 Å². The van der Waals surface area contributed by atoms with E-state index in [-0.39, 0.29) is 23.6 Å². The van der Waals surface area contributed by atoms with Crippen molar-refractivity contribution in [1.29, 1.82) is 0 Å². The van der Waals surface area contributed by atoms with E-state index >= 15 is 0 Å². The van der Waals surface area contributed by atoms with E-state index in [0.717, 1.165) is 30.3 Å². The normalized spacial score (nSPS) is 16.6. The maximum Gasteiger partial charge on any atom is 0.573 e. The van der Waals surface area contributed by atoms with Crippen molar-refractivity contribution < 1.29 is 41.0 Å². The molecule has 1 saturated heterocycles. The van der Waals surface area contributed by atoms with E-state index in [1.807, 2.05) is 0 Å².